The van der Waals surface area contributed by atoms with Crippen LogP contribution in [0.3, 0.4) is 0 Å². The van der Waals surface area contributed by atoms with E-state index in [1.807, 2.05) is 64.1 Å². The summed E-state index contributed by atoms with van der Waals surface area (Å²) in [5, 5.41) is 0. The molecule has 0 radical (unpaired) electrons. The molecule has 0 saturated carbocycles. The second-order valence-electron chi connectivity index (χ2n) is 13.7. The second kappa shape index (κ2) is 13.5. The Morgan fingerprint density at radius 3 is 1.61 bits per heavy atom. The maximum atomic E-state index is 13.4. The first kappa shape index (κ1) is 35.3. The summed E-state index contributed by atoms with van der Waals surface area (Å²) in [5.74, 6) is -4.70. The summed E-state index contributed by atoms with van der Waals surface area (Å²) in [4.78, 5) is 11.1. The second-order valence-corrected chi connectivity index (χ2v) is 15.6. The molecule has 3 aromatic carbocycles. The van der Waals surface area contributed by atoms with Crippen molar-refractivity contribution >= 4 is 50.2 Å². The van der Waals surface area contributed by atoms with Crippen LogP contribution >= 0.6 is 31.9 Å². The Balaban J connectivity index is 0.000000144. The van der Waals surface area contributed by atoms with Crippen LogP contribution < -0.4 is 5.46 Å². The summed E-state index contributed by atoms with van der Waals surface area (Å²) >= 11 is 6.75. The first-order valence-corrected chi connectivity index (χ1v) is 17.3. The van der Waals surface area contributed by atoms with Gasteiger partial charge in [0.05, 0.1) is 11.2 Å². The van der Waals surface area contributed by atoms with E-state index < -0.39 is 19.0 Å². The van der Waals surface area contributed by atoms with E-state index in [1.165, 1.54) is 11.1 Å². The quantitative estimate of drug-likeness (QED) is 0.183. The van der Waals surface area contributed by atoms with Gasteiger partial charge in [-0.3, -0.25) is 4.79 Å². The zero-order valence-corrected chi connectivity index (χ0v) is 29.8. The van der Waals surface area contributed by atoms with Crippen LogP contribution in [0, 0.1) is 0 Å². The lowest BCUT2D eigenvalue weighted by Crippen LogP contribution is -2.41. The lowest BCUT2D eigenvalue weighted by molar-refractivity contribution is -0.118. The Kier molecular flexibility index (Phi) is 10.3. The van der Waals surface area contributed by atoms with Gasteiger partial charge in [0.1, 0.15) is 5.78 Å². The van der Waals surface area contributed by atoms with Crippen LogP contribution in [0.2, 0.25) is 0 Å². The first-order valence-electron chi connectivity index (χ1n) is 15.7. The molecule has 3 aromatic rings. The van der Waals surface area contributed by atoms with Crippen molar-refractivity contribution in [3.63, 3.8) is 0 Å². The minimum Gasteiger partial charge on any atom is -0.399 e. The Labute approximate surface area is 286 Å². The molecule has 0 spiro atoms. The third-order valence-electron chi connectivity index (χ3n) is 9.57. The Morgan fingerprint density at radius 2 is 1.07 bits per heavy atom. The van der Waals surface area contributed by atoms with E-state index in [4.69, 9.17) is 9.31 Å². The predicted octanol–water partition coefficient (Wildman–Crippen LogP) is 9.19. The topological polar surface area (TPSA) is 35.5 Å². The van der Waals surface area contributed by atoms with E-state index in [9.17, 15) is 22.4 Å². The minimum absolute atomic E-state index is 0.0174. The summed E-state index contributed by atoms with van der Waals surface area (Å²) in [6.07, 6.45) is 2.79. The van der Waals surface area contributed by atoms with Gasteiger partial charge in [0.2, 0.25) is 0 Å². The summed E-state index contributed by atoms with van der Waals surface area (Å²) in [6, 6.07) is 17.3. The Hall–Kier alpha value is -2.01. The highest BCUT2D eigenvalue weighted by Crippen LogP contribution is 2.38. The molecule has 1 heterocycles. The van der Waals surface area contributed by atoms with Crippen LogP contribution in [0.1, 0.15) is 80.3 Å². The molecule has 1 aliphatic heterocycles. The number of aryl methyl sites for hydroxylation is 3. The standard InChI is InChI=1S/C16H21BF2O2.C10H9BrF2.C10H9BrO/c1-14(2)15(3,4)21-17(20-14)13-6-5-12-10-16(18,19)8-7-11(12)9-13;11-9-2-1-8-6-10(12,13)4-3-7(8)5-9;11-9-3-1-8-6-10(12)4-2-7(8)5-9/h5-6,9H,7-8,10H2,1-4H3;1-2,5H,3-4,6H2;1,3,5H,2,4,6H2. The van der Waals surface area contributed by atoms with Gasteiger partial charge in [0.15, 0.2) is 0 Å². The number of carbonyl (C=O) groups is 1. The van der Waals surface area contributed by atoms with Gasteiger partial charge >= 0.3 is 7.12 Å². The maximum Gasteiger partial charge on any atom is 0.494 e. The third kappa shape index (κ3) is 8.52. The van der Waals surface area contributed by atoms with Gasteiger partial charge in [-0.1, -0.05) is 62.2 Å². The molecule has 0 amide bonds. The highest BCUT2D eigenvalue weighted by Gasteiger charge is 2.52. The van der Waals surface area contributed by atoms with Crippen LogP contribution in [-0.4, -0.2) is 35.9 Å². The summed E-state index contributed by atoms with van der Waals surface area (Å²) in [6.45, 7) is 8.02. The van der Waals surface area contributed by atoms with Crippen LogP contribution in [0.15, 0.2) is 63.5 Å². The molecule has 46 heavy (non-hydrogen) atoms. The van der Waals surface area contributed by atoms with Gasteiger partial charge in [-0.15, -0.1) is 0 Å². The number of Topliss-reactive ketones (excluding diaryl/α,β-unsaturated/α-hetero) is 1. The molecule has 4 aliphatic rings. The molecule has 0 atom stereocenters. The maximum absolute atomic E-state index is 13.4. The van der Waals surface area contributed by atoms with Gasteiger partial charge < -0.3 is 9.31 Å². The fourth-order valence-corrected chi connectivity index (χ4v) is 6.94. The number of benzene rings is 3. The Bertz CT molecular complexity index is 1590. The van der Waals surface area contributed by atoms with Crippen LogP contribution in [0.4, 0.5) is 17.6 Å². The molecule has 1 saturated heterocycles. The molecular weight excluding hydrogens is 727 g/mol. The first-order chi connectivity index (χ1) is 21.4. The molecule has 0 aromatic heterocycles. The number of hydrogen-bond acceptors (Lipinski definition) is 3. The highest BCUT2D eigenvalue weighted by molar-refractivity contribution is 9.10. The van der Waals surface area contributed by atoms with E-state index in [1.54, 1.807) is 12.1 Å². The van der Waals surface area contributed by atoms with Crippen molar-refractivity contribution in [3.05, 3.63) is 96.9 Å². The van der Waals surface area contributed by atoms with Gasteiger partial charge in [-0.05, 0) is 110 Å². The van der Waals surface area contributed by atoms with Crippen molar-refractivity contribution in [2.75, 3.05) is 0 Å². The van der Waals surface area contributed by atoms with Crippen LogP contribution in [0.5, 0.6) is 0 Å². The molecule has 3 nitrogen and oxygen atoms in total. The molecule has 3 aliphatic carbocycles. The predicted molar refractivity (Wildman–Crippen MR) is 181 cm³/mol. The minimum atomic E-state index is -2.57. The third-order valence-corrected chi connectivity index (χ3v) is 10.6. The largest absolute Gasteiger partial charge is 0.494 e. The van der Waals surface area contributed by atoms with E-state index in [0.717, 1.165) is 43.1 Å². The molecule has 0 bridgehead atoms. The average molecular weight is 766 g/mol. The van der Waals surface area contributed by atoms with Crippen molar-refractivity contribution in [2.24, 2.45) is 0 Å². The van der Waals surface area contributed by atoms with Crippen molar-refractivity contribution in [3.8, 4) is 0 Å². The number of ketones is 1. The molecule has 10 heteroatoms. The number of carbonyl (C=O) groups excluding carboxylic acids is 1. The van der Waals surface area contributed by atoms with Gasteiger partial charge in [-0.2, -0.15) is 0 Å². The van der Waals surface area contributed by atoms with Crippen molar-refractivity contribution < 1.29 is 31.7 Å². The van der Waals surface area contributed by atoms with Gasteiger partial charge in [0, 0.05) is 47.5 Å². The van der Waals surface area contributed by atoms with E-state index in [-0.39, 0.29) is 36.9 Å². The number of halogens is 6. The molecule has 1 fully saturated rings. The lowest BCUT2D eigenvalue weighted by atomic mass is 9.75. The van der Waals surface area contributed by atoms with Gasteiger partial charge in [0.25, 0.3) is 11.8 Å². The van der Waals surface area contributed by atoms with Crippen molar-refractivity contribution in [2.45, 2.75) is 109 Å². The number of rotatable bonds is 1. The highest BCUT2D eigenvalue weighted by atomic mass is 79.9. The summed E-state index contributed by atoms with van der Waals surface area (Å²) < 4.78 is 66.9. The summed E-state index contributed by atoms with van der Waals surface area (Å²) in [5.41, 5.74) is 6.25. The van der Waals surface area contributed by atoms with E-state index in [0.29, 0.717) is 31.5 Å². The fraction of sp³-hybridized carbons (Fsp3) is 0.472. The monoisotopic (exact) mass is 764 g/mol. The van der Waals surface area contributed by atoms with E-state index >= 15 is 0 Å². The van der Waals surface area contributed by atoms with Crippen LogP contribution in [-0.2, 0) is 52.6 Å². The normalized spacial score (nSPS) is 21.4. The van der Waals surface area contributed by atoms with Crippen molar-refractivity contribution in [1.29, 1.82) is 0 Å². The zero-order chi connectivity index (χ0) is 33.5. The Morgan fingerprint density at radius 1 is 0.609 bits per heavy atom. The molecule has 7 rings (SSSR count). The summed E-state index contributed by atoms with van der Waals surface area (Å²) in [7, 11) is -0.428. The van der Waals surface area contributed by atoms with Crippen molar-refractivity contribution in [1.82, 2.24) is 0 Å². The zero-order valence-electron chi connectivity index (χ0n) is 26.6. The SMILES string of the molecule is CC1(C)OB(c2ccc3c(c2)CCC(F)(F)C3)OC1(C)C.FC1(F)CCc2cc(Br)ccc2C1.O=C1CCc2cc(Br)ccc2C1. The number of alkyl halides is 4. The molecule has 0 unspecified atom stereocenters. The fourth-order valence-electron chi connectivity index (χ4n) is 6.12. The molecular formula is C36H39BBr2F4O3. The lowest BCUT2D eigenvalue weighted by Gasteiger charge is -2.32. The molecule has 246 valence electrons. The smallest absolute Gasteiger partial charge is 0.399 e. The van der Waals surface area contributed by atoms with Gasteiger partial charge in [-0.25, -0.2) is 17.6 Å². The molecule has 0 N–H and O–H groups in total. The number of fused-ring (bicyclic) bond motifs is 3. The van der Waals surface area contributed by atoms with Crippen LogP contribution in [0.25, 0.3) is 0 Å². The number of hydrogen-bond donors (Lipinski definition) is 0. The van der Waals surface area contributed by atoms with E-state index in [2.05, 4.69) is 37.9 Å². The average Bonchev–Trinajstić information content (AvgIpc) is 3.19.